The van der Waals surface area contributed by atoms with E-state index in [1.165, 1.54) is 0 Å². The Labute approximate surface area is 91.0 Å². The summed E-state index contributed by atoms with van der Waals surface area (Å²) in [6, 6.07) is 1.01. The third kappa shape index (κ3) is 2.27. The van der Waals surface area contributed by atoms with Gasteiger partial charge in [-0.15, -0.1) is 0 Å². The first-order valence-electron chi connectivity index (χ1n) is 5.24. The summed E-state index contributed by atoms with van der Waals surface area (Å²) in [5.74, 6) is 0. The van der Waals surface area contributed by atoms with Gasteiger partial charge in [0.2, 0.25) is 0 Å². The monoisotopic (exact) mass is 234 g/mol. The first kappa shape index (κ1) is 10.8. The van der Waals surface area contributed by atoms with E-state index >= 15 is 0 Å². The molecule has 0 aromatic carbocycles. The summed E-state index contributed by atoms with van der Waals surface area (Å²) in [5, 5.41) is 0.195. The van der Waals surface area contributed by atoms with Crippen molar-refractivity contribution in [3.8, 4) is 0 Å². The maximum atomic E-state index is 12.1. The van der Waals surface area contributed by atoms with Crippen LogP contribution in [-0.2, 0) is 19.9 Å². The molecule has 82 valence electrons. The smallest absolute Gasteiger partial charge is 0.0954 e. The second-order valence-corrected chi connectivity index (χ2v) is 8.08. The highest BCUT2D eigenvalue weighted by atomic mass is 32.8. The van der Waals surface area contributed by atoms with Crippen LogP contribution in [0.15, 0.2) is 0 Å². The Morgan fingerprint density at radius 1 is 1.43 bits per heavy atom. The van der Waals surface area contributed by atoms with Gasteiger partial charge in [-0.05, 0) is 37.9 Å². The van der Waals surface area contributed by atoms with E-state index in [1.54, 1.807) is 0 Å². The van der Waals surface area contributed by atoms with Gasteiger partial charge < -0.3 is 0 Å². The molecular weight excluding hydrogens is 216 g/mol. The topological polar surface area (TPSA) is 32.3 Å². The standard InChI is InChI=1S/C9H18N2OS2/c1-7(2)11-5-9(6-11)14(12,13)10-8-3-4-8/h7-10H,3-6H2,1-2H3. The zero-order valence-electron chi connectivity index (χ0n) is 8.73. The first-order chi connectivity index (χ1) is 6.49. The minimum atomic E-state index is -2.19. The summed E-state index contributed by atoms with van der Waals surface area (Å²) < 4.78 is 15.2. The third-order valence-corrected chi connectivity index (χ3v) is 5.90. The number of hydrogen-bond donors (Lipinski definition) is 1. The van der Waals surface area contributed by atoms with Crippen LogP contribution in [0.1, 0.15) is 26.7 Å². The van der Waals surface area contributed by atoms with Crippen LogP contribution in [0.4, 0.5) is 0 Å². The average Bonchev–Trinajstić information content (AvgIpc) is 2.63. The molecule has 0 bridgehead atoms. The van der Waals surface area contributed by atoms with Crippen LogP contribution >= 0.6 is 0 Å². The summed E-state index contributed by atoms with van der Waals surface area (Å²) in [5.41, 5.74) is 0. The van der Waals surface area contributed by atoms with Crippen molar-refractivity contribution in [2.75, 3.05) is 13.1 Å². The van der Waals surface area contributed by atoms with Crippen LogP contribution in [0.5, 0.6) is 0 Å². The van der Waals surface area contributed by atoms with Crippen LogP contribution < -0.4 is 4.72 Å². The van der Waals surface area contributed by atoms with Crippen molar-refractivity contribution < 1.29 is 4.21 Å². The lowest BCUT2D eigenvalue weighted by Crippen LogP contribution is -2.59. The minimum absolute atomic E-state index is 0.195. The molecule has 1 aliphatic heterocycles. The van der Waals surface area contributed by atoms with E-state index in [0.29, 0.717) is 12.1 Å². The second kappa shape index (κ2) is 3.70. The fraction of sp³-hybridized carbons (Fsp3) is 1.00. The normalized spacial score (nSPS) is 28.8. The molecule has 2 rings (SSSR count). The summed E-state index contributed by atoms with van der Waals surface area (Å²) in [6.07, 6.45) is 2.29. The van der Waals surface area contributed by atoms with Crippen molar-refractivity contribution >= 4 is 19.9 Å². The van der Waals surface area contributed by atoms with Crippen LogP contribution in [0, 0.1) is 0 Å². The van der Waals surface area contributed by atoms with Gasteiger partial charge in [-0.1, -0.05) is 0 Å². The van der Waals surface area contributed by atoms with E-state index in [0.717, 1.165) is 25.9 Å². The Morgan fingerprint density at radius 3 is 2.43 bits per heavy atom. The molecule has 14 heavy (non-hydrogen) atoms. The minimum Gasteiger partial charge on any atom is -0.298 e. The van der Waals surface area contributed by atoms with Crippen molar-refractivity contribution in [2.24, 2.45) is 0 Å². The highest BCUT2D eigenvalue weighted by Crippen LogP contribution is 2.24. The molecule has 0 aromatic heterocycles. The van der Waals surface area contributed by atoms with E-state index in [-0.39, 0.29) is 5.25 Å². The number of likely N-dealkylation sites (tertiary alicyclic amines) is 1. The number of nitrogens with one attached hydrogen (secondary N) is 1. The molecule has 3 nitrogen and oxygen atoms in total. The van der Waals surface area contributed by atoms with Gasteiger partial charge >= 0.3 is 0 Å². The predicted molar refractivity (Wildman–Crippen MR) is 62.2 cm³/mol. The summed E-state index contributed by atoms with van der Waals surface area (Å²) in [7, 11) is -2.19. The van der Waals surface area contributed by atoms with Gasteiger partial charge in [-0.3, -0.25) is 4.90 Å². The molecule has 1 saturated carbocycles. The molecule has 2 aliphatic rings. The predicted octanol–water partition coefficient (Wildman–Crippen LogP) is 0.492. The van der Waals surface area contributed by atoms with Crippen LogP contribution in [0.25, 0.3) is 0 Å². The Bertz CT molecular complexity index is 303. The van der Waals surface area contributed by atoms with E-state index in [2.05, 4.69) is 23.5 Å². The van der Waals surface area contributed by atoms with E-state index in [9.17, 15) is 4.21 Å². The molecule has 1 atom stereocenters. The highest BCUT2D eigenvalue weighted by molar-refractivity contribution is 8.32. The van der Waals surface area contributed by atoms with Crippen molar-refractivity contribution in [2.45, 2.75) is 44.0 Å². The van der Waals surface area contributed by atoms with Gasteiger partial charge in [0.05, 0.1) is 13.9 Å². The Balaban J connectivity index is 1.85. The van der Waals surface area contributed by atoms with Crippen molar-refractivity contribution in [1.82, 2.24) is 9.62 Å². The second-order valence-electron chi connectivity index (χ2n) is 4.61. The van der Waals surface area contributed by atoms with Crippen LogP contribution in [-0.4, -0.2) is 39.5 Å². The molecule has 0 radical (unpaired) electrons. The summed E-state index contributed by atoms with van der Waals surface area (Å²) in [4.78, 5) is 2.31. The van der Waals surface area contributed by atoms with E-state index in [1.807, 2.05) is 0 Å². The first-order valence-corrected chi connectivity index (χ1v) is 7.79. The summed E-state index contributed by atoms with van der Waals surface area (Å²) in [6.45, 7) is 6.13. The molecular formula is C9H18N2OS2. The number of nitrogens with zero attached hydrogens (tertiary/aromatic N) is 1. The molecule has 0 amide bonds. The lowest BCUT2D eigenvalue weighted by Gasteiger charge is -2.42. The quantitative estimate of drug-likeness (QED) is 0.768. The molecule has 1 saturated heterocycles. The van der Waals surface area contributed by atoms with Crippen molar-refractivity contribution in [3.63, 3.8) is 0 Å². The zero-order chi connectivity index (χ0) is 10.3. The van der Waals surface area contributed by atoms with Crippen LogP contribution in [0.2, 0.25) is 0 Å². The lowest BCUT2D eigenvalue weighted by atomic mass is 10.1. The Kier molecular flexibility index (Phi) is 2.85. The third-order valence-electron chi connectivity index (χ3n) is 2.95. The van der Waals surface area contributed by atoms with Crippen molar-refractivity contribution in [1.29, 1.82) is 0 Å². The van der Waals surface area contributed by atoms with Gasteiger partial charge in [0.1, 0.15) is 0 Å². The SMILES string of the molecule is CC(C)N1CC(S(=O)(=S)NC2CC2)C1. The highest BCUT2D eigenvalue weighted by Gasteiger charge is 2.38. The molecule has 5 heteroatoms. The summed E-state index contributed by atoms with van der Waals surface area (Å²) >= 11 is 5.16. The van der Waals surface area contributed by atoms with Gasteiger partial charge in [0, 0.05) is 25.2 Å². The molecule has 0 spiro atoms. The number of rotatable bonds is 4. The van der Waals surface area contributed by atoms with Gasteiger partial charge in [0.15, 0.2) is 0 Å². The molecule has 1 N–H and O–H groups in total. The Hall–Kier alpha value is 0.290. The van der Waals surface area contributed by atoms with E-state index < -0.39 is 8.68 Å². The van der Waals surface area contributed by atoms with Gasteiger partial charge in [-0.25, -0.2) is 8.93 Å². The molecule has 1 heterocycles. The van der Waals surface area contributed by atoms with Crippen LogP contribution in [0.3, 0.4) is 0 Å². The number of hydrogen-bond acceptors (Lipinski definition) is 3. The lowest BCUT2D eigenvalue weighted by molar-refractivity contribution is 0.144. The molecule has 1 unspecified atom stereocenters. The maximum absolute atomic E-state index is 12.1. The largest absolute Gasteiger partial charge is 0.298 e. The van der Waals surface area contributed by atoms with Gasteiger partial charge in [0.25, 0.3) is 0 Å². The zero-order valence-corrected chi connectivity index (χ0v) is 10.4. The fourth-order valence-corrected chi connectivity index (χ4v) is 4.06. The molecule has 1 aliphatic carbocycles. The average molecular weight is 234 g/mol. The maximum Gasteiger partial charge on any atom is 0.0954 e. The van der Waals surface area contributed by atoms with Gasteiger partial charge in [-0.2, -0.15) is 0 Å². The molecule has 0 aromatic rings. The fourth-order valence-electron chi connectivity index (χ4n) is 1.62. The van der Waals surface area contributed by atoms with Crippen molar-refractivity contribution in [3.05, 3.63) is 0 Å². The van der Waals surface area contributed by atoms with E-state index in [4.69, 9.17) is 11.2 Å². The molecule has 2 fully saturated rings. The Morgan fingerprint density at radius 2 is 2.00 bits per heavy atom.